The summed E-state index contributed by atoms with van der Waals surface area (Å²) in [6.07, 6.45) is 6.35. The van der Waals surface area contributed by atoms with Crippen LogP contribution in [0.1, 0.15) is 53.7 Å². The maximum absolute atomic E-state index is 12.7. The number of carbonyl (C=O) groups excluding carboxylic acids is 1. The molecule has 3 heterocycles. The topological polar surface area (TPSA) is 81.7 Å². The zero-order valence-electron chi connectivity index (χ0n) is 17.6. The van der Waals surface area contributed by atoms with Crippen molar-refractivity contribution >= 4 is 27.8 Å². The third-order valence-electron chi connectivity index (χ3n) is 6.61. The van der Waals surface area contributed by atoms with E-state index in [1.54, 1.807) is 0 Å². The van der Waals surface area contributed by atoms with Crippen LogP contribution in [0.15, 0.2) is 19.7 Å². The normalized spacial score (nSPS) is 18.8. The van der Waals surface area contributed by atoms with Crippen molar-refractivity contribution in [2.45, 2.75) is 64.9 Å². The van der Waals surface area contributed by atoms with Gasteiger partial charge in [-0.25, -0.2) is 4.79 Å². The highest BCUT2D eigenvalue weighted by atomic mass is 16.5. The lowest BCUT2D eigenvalue weighted by molar-refractivity contribution is -0.121. The Morgan fingerprint density at radius 3 is 2.67 bits per heavy atom. The van der Waals surface area contributed by atoms with E-state index in [2.05, 4.69) is 11.4 Å². The van der Waals surface area contributed by atoms with Crippen molar-refractivity contribution in [3.05, 3.63) is 44.5 Å². The predicted molar refractivity (Wildman–Crippen MR) is 114 cm³/mol. The largest absolute Gasteiger partial charge is 0.460 e. The van der Waals surface area contributed by atoms with Crippen LogP contribution < -0.4 is 10.9 Å². The second kappa shape index (κ2) is 7.58. The second-order valence-corrected chi connectivity index (χ2v) is 8.57. The van der Waals surface area contributed by atoms with Crippen LogP contribution in [0.3, 0.4) is 0 Å². The van der Waals surface area contributed by atoms with E-state index >= 15 is 0 Å². The number of aryl methyl sites for hydroxylation is 4. The van der Waals surface area contributed by atoms with E-state index in [0.29, 0.717) is 17.7 Å². The molecule has 1 saturated heterocycles. The molecular weight excluding hydrogens is 382 g/mol. The number of amides is 1. The number of ether oxygens (including phenoxy) is 1. The van der Waals surface area contributed by atoms with Gasteiger partial charge >= 0.3 is 5.63 Å². The number of carbonyl (C=O) groups is 1. The van der Waals surface area contributed by atoms with Gasteiger partial charge in [0.15, 0.2) is 0 Å². The van der Waals surface area contributed by atoms with Gasteiger partial charge in [0, 0.05) is 41.5 Å². The molecule has 2 aromatic heterocycles. The Hall–Kier alpha value is -2.60. The molecule has 0 bridgehead atoms. The molecule has 1 atom stereocenters. The van der Waals surface area contributed by atoms with Crippen molar-refractivity contribution in [2.24, 2.45) is 0 Å². The molecule has 0 radical (unpaired) electrons. The molecule has 1 aliphatic heterocycles. The number of hydrogen-bond donors (Lipinski definition) is 1. The highest BCUT2D eigenvalue weighted by Gasteiger charge is 2.24. The number of nitrogens with one attached hydrogen (secondary N) is 1. The summed E-state index contributed by atoms with van der Waals surface area (Å²) in [6.45, 7) is 5.08. The lowest BCUT2D eigenvalue weighted by atomic mass is 9.93. The molecule has 1 amide bonds. The van der Waals surface area contributed by atoms with Crippen molar-refractivity contribution in [1.82, 2.24) is 5.32 Å². The average molecular weight is 409 g/mol. The molecule has 0 saturated carbocycles. The first kappa shape index (κ1) is 19.4. The van der Waals surface area contributed by atoms with Crippen LogP contribution in [0, 0.1) is 13.8 Å². The molecule has 6 nitrogen and oxygen atoms in total. The molecule has 1 N–H and O–H groups in total. The highest BCUT2D eigenvalue weighted by molar-refractivity contribution is 6.00. The number of fused-ring (bicyclic) bond motifs is 4. The molecule has 30 heavy (non-hydrogen) atoms. The molecule has 158 valence electrons. The van der Waals surface area contributed by atoms with Crippen molar-refractivity contribution < 1.29 is 18.4 Å². The summed E-state index contributed by atoms with van der Waals surface area (Å²) in [7, 11) is 0. The molecule has 1 aromatic carbocycles. The Bertz CT molecular complexity index is 1200. The Balaban J connectivity index is 1.52. The minimum atomic E-state index is -0.453. The Labute approximate surface area is 174 Å². The van der Waals surface area contributed by atoms with Gasteiger partial charge in [-0.05, 0) is 57.6 Å². The minimum Gasteiger partial charge on any atom is -0.460 e. The first-order chi connectivity index (χ1) is 14.5. The summed E-state index contributed by atoms with van der Waals surface area (Å²) in [5.74, 6) is 0.877. The van der Waals surface area contributed by atoms with Gasteiger partial charge < -0.3 is 18.9 Å². The predicted octanol–water partition coefficient (Wildman–Crippen LogP) is 3.87. The SMILES string of the molecule is Cc1c(CC(=O)NC[C@H]2CCCO2)c(=O)oc2c(C)c3oc4c(c3cc12)CCCC4. The molecule has 0 unspecified atom stereocenters. The summed E-state index contributed by atoms with van der Waals surface area (Å²) >= 11 is 0. The van der Waals surface area contributed by atoms with E-state index in [9.17, 15) is 9.59 Å². The summed E-state index contributed by atoms with van der Waals surface area (Å²) in [6, 6.07) is 2.08. The lowest BCUT2D eigenvalue weighted by Crippen LogP contribution is -2.34. The van der Waals surface area contributed by atoms with Gasteiger partial charge in [-0.2, -0.15) is 0 Å². The maximum Gasteiger partial charge on any atom is 0.340 e. The smallest absolute Gasteiger partial charge is 0.340 e. The van der Waals surface area contributed by atoms with E-state index in [4.69, 9.17) is 13.6 Å². The monoisotopic (exact) mass is 409 g/mol. The van der Waals surface area contributed by atoms with Crippen LogP contribution in [-0.2, 0) is 28.8 Å². The van der Waals surface area contributed by atoms with Gasteiger partial charge in [0.05, 0.1) is 18.1 Å². The van der Waals surface area contributed by atoms with Crippen molar-refractivity contribution in [3.63, 3.8) is 0 Å². The molecule has 3 aromatic rings. The fraction of sp³-hybridized carbons (Fsp3) is 0.500. The minimum absolute atomic E-state index is 0.0113. The van der Waals surface area contributed by atoms with Gasteiger partial charge in [0.2, 0.25) is 5.91 Å². The van der Waals surface area contributed by atoms with Crippen LogP contribution in [0.4, 0.5) is 0 Å². The lowest BCUT2D eigenvalue weighted by Gasteiger charge is -2.12. The summed E-state index contributed by atoms with van der Waals surface area (Å²) in [4.78, 5) is 25.2. The van der Waals surface area contributed by atoms with Crippen LogP contribution in [0.25, 0.3) is 21.9 Å². The van der Waals surface area contributed by atoms with E-state index in [1.165, 1.54) is 5.56 Å². The number of furan rings is 1. The van der Waals surface area contributed by atoms with Gasteiger partial charge in [0.25, 0.3) is 0 Å². The van der Waals surface area contributed by atoms with Crippen molar-refractivity contribution in [1.29, 1.82) is 0 Å². The van der Waals surface area contributed by atoms with E-state index in [-0.39, 0.29) is 18.4 Å². The van der Waals surface area contributed by atoms with E-state index in [0.717, 1.165) is 78.4 Å². The van der Waals surface area contributed by atoms with Crippen molar-refractivity contribution in [3.8, 4) is 0 Å². The second-order valence-electron chi connectivity index (χ2n) is 8.57. The molecular formula is C24H27NO5. The molecule has 0 spiro atoms. The molecule has 6 heteroatoms. The van der Waals surface area contributed by atoms with Crippen molar-refractivity contribution in [2.75, 3.05) is 13.2 Å². The zero-order valence-corrected chi connectivity index (χ0v) is 17.6. The third-order valence-corrected chi connectivity index (χ3v) is 6.61. The van der Waals surface area contributed by atoms with Crippen LogP contribution in [0.2, 0.25) is 0 Å². The molecule has 2 aliphatic rings. The average Bonchev–Trinajstić information content (AvgIpc) is 3.39. The first-order valence-electron chi connectivity index (χ1n) is 10.9. The highest BCUT2D eigenvalue weighted by Crippen LogP contribution is 2.37. The van der Waals surface area contributed by atoms with Crippen LogP contribution >= 0.6 is 0 Å². The van der Waals surface area contributed by atoms with Crippen LogP contribution in [-0.4, -0.2) is 25.2 Å². The first-order valence-corrected chi connectivity index (χ1v) is 10.9. The quantitative estimate of drug-likeness (QED) is 0.662. The Kier molecular flexibility index (Phi) is 4.89. The Morgan fingerprint density at radius 1 is 1.07 bits per heavy atom. The summed E-state index contributed by atoms with van der Waals surface area (Å²) in [5, 5.41) is 4.89. The van der Waals surface area contributed by atoms with Gasteiger partial charge in [-0.1, -0.05) is 0 Å². The molecule has 1 aliphatic carbocycles. The summed E-state index contributed by atoms with van der Waals surface area (Å²) in [5.41, 5.74) is 4.28. The fourth-order valence-electron chi connectivity index (χ4n) is 4.88. The summed E-state index contributed by atoms with van der Waals surface area (Å²) < 4.78 is 17.4. The number of hydrogen-bond acceptors (Lipinski definition) is 5. The van der Waals surface area contributed by atoms with E-state index < -0.39 is 5.63 Å². The Morgan fingerprint density at radius 2 is 1.87 bits per heavy atom. The van der Waals surface area contributed by atoms with Crippen LogP contribution in [0.5, 0.6) is 0 Å². The van der Waals surface area contributed by atoms with Gasteiger partial charge in [0.1, 0.15) is 16.9 Å². The maximum atomic E-state index is 12.7. The van der Waals surface area contributed by atoms with Gasteiger partial charge in [-0.3, -0.25) is 4.79 Å². The molecule has 5 rings (SSSR count). The van der Waals surface area contributed by atoms with Gasteiger partial charge in [-0.15, -0.1) is 0 Å². The zero-order chi connectivity index (χ0) is 20.8. The van der Waals surface area contributed by atoms with E-state index in [1.807, 2.05) is 13.8 Å². The third kappa shape index (κ3) is 3.23. The number of rotatable bonds is 4. The number of benzene rings is 1. The standard InChI is InChI=1S/C24H27NO5/c1-13-17-10-19-16-7-3-4-8-20(16)29-23(19)14(2)22(17)30-24(27)18(13)11-21(26)25-12-15-6-5-9-28-15/h10,15H,3-9,11-12H2,1-2H3,(H,25,26)/t15-/m1/s1. The fourth-order valence-corrected chi connectivity index (χ4v) is 4.88. The molecule has 1 fully saturated rings.